The van der Waals surface area contributed by atoms with E-state index >= 15 is 0 Å². The van der Waals surface area contributed by atoms with E-state index in [0.717, 1.165) is 12.7 Å². The lowest BCUT2D eigenvalue weighted by Crippen LogP contribution is -2.56. The van der Waals surface area contributed by atoms with Crippen molar-refractivity contribution in [3.8, 4) is 5.75 Å². The van der Waals surface area contributed by atoms with Crippen LogP contribution in [0.4, 0.5) is 4.79 Å². The smallest absolute Gasteiger partial charge is 0.451 e. The highest BCUT2D eigenvalue weighted by atomic mass is 16.8. The third-order valence-electron chi connectivity index (χ3n) is 5.21. The van der Waals surface area contributed by atoms with E-state index in [1.807, 2.05) is 30.3 Å². The summed E-state index contributed by atoms with van der Waals surface area (Å²) in [4.78, 5) is 38.6. The van der Waals surface area contributed by atoms with Crippen molar-refractivity contribution in [3.05, 3.63) is 64.1 Å². The second kappa shape index (κ2) is 8.58. The lowest BCUT2D eigenvalue weighted by molar-refractivity contribution is -0.111. The molecule has 1 saturated heterocycles. The highest BCUT2D eigenvalue weighted by molar-refractivity contribution is 5.96. The van der Waals surface area contributed by atoms with Gasteiger partial charge in [-0.05, 0) is 18.4 Å². The molecule has 2 atom stereocenters. The number of ether oxygens (including phenoxy) is 4. The molecule has 1 amide bonds. The van der Waals surface area contributed by atoms with Gasteiger partial charge in [-0.25, -0.2) is 4.79 Å². The molecule has 30 heavy (non-hydrogen) atoms. The molecule has 3 heterocycles. The number of fused-ring (bicyclic) bond motifs is 2. The normalized spacial score (nSPS) is 20.2. The summed E-state index contributed by atoms with van der Waals surface area (Å²) in [6, 6.07) is 10.9. The Morgan fingerprint density at radius 2 is 2.00 bits per heavy atom. The maximum atomic E-state index is 13.2. The van der Waals surface area contributed by atoms with E-state index in [4.69, 9.17) is 14.2 Å². The maximum absolute atomic E-state index is 13.2. The van der Waals surface area contributed by atoms with Gasteiger partial charge in [-0.1, -0.05) is 30.3 Å². The van der Waals surface area contributed by atoms with E-state index < -0.39 is 24.6 Å². The SMILES string of the molecule is COC(=O)OCOc1c2n(ccc1=O)[C@@H](Cc1ccccc1)[C@@H]1OCCCN1C2=O. The van der Waals surface area contributed by atoms with Gasteiger partial charge in [-0.15, -0.1) is 0 Å². The van der Waals surface area contributed by atoms with Gasteiger partial charge >= 0.3 is 6.16 Å². The highest BCUT2D eigenvalue weighted by Crippen LogP contribution is 2.35. The molecule has 158 valence electrons. The van der Waals surface area contributed by atoms with Crippen LogP contribution in [0.1, 0.15) is 28.5 Å². The zero-order valence-corrected chi connectivity index (χ0v) is 16.5. The Morgan fingerprint density at radius 3 is 2.77 bits per heavy atom. The fourth-order valence-electron chi connectivity index (χ4n) is 3.87. The van der Waals surface area contributed by atoms with Crippen molar-refractivity contribution in [2.75, 3.05) is 27.1 Å². The van der Waals surface area contributed by atoms with E-state index in [9.17, 15) is 14.4 Å². The van der Waals surface area contributed by atoms with Crippen LogP contribution < -0.4 is 10.2 Å². The Kier molecular flexibility index (Phi) is 5.71. The Morgan fingerprint density at radius 1 is 1.20 bits per heavy atom. The van der Waals surface area contributed by atoms with E-state index in [1.165, 1.54) is 6.07 Å². The van der Waals surface area contributed by atoms with Crippen LogP contribution >= 0.6 is 0 Å². The Hall–Kier alpha value is -3.33. The van der Waals surface area contributed by atoms with Crippen LogP contribution in [0.3, 0.4) is 0 Å². The molecule has 9 nitrogen and oxygen atoms in total. The topological polar surface area (TPSA) is 96.3 Å². The summed E-state index contributed by atoms with van der Waals surface area (Å²) in [5.74, 6) is -0.511. The summed E-state index contributed by atoms with van der Waals surface area (Å²) in [6.07, 6.45) is 1.51. The first kappa shape index (κ1) is 20.0. The van der Waals surface area contributed by atoms with E-state index in [0.29, 0.717) is 26.0 Å². The van der Waals surface area contributed by atoms with E-state index in [1.54, 1.807) is 15.7 Å². The maximum Gasteiger partial charge on any atom is 0.510 e. The van der Waals surface area contributed by atoms with Crippen LogP contribution in [0.5, 0.6) is 5.75 Å². The number of hydrogen-bond donors (Lipinski definition) is 0. The molecule has 1 aromatic heterocycles. The Bertz CT molecular complexity index is 989. The minimum atomic E-state index is -0.947. The molecule has 2 aromatic rings. The van der Waals surface area contributed by atoms with Crippen molar-refractivity contribution in [3.63, 3.8) is 0 Å². The Labute approximate surface area is 172 Å². The van der Waals surface area contributed by atoms with Crippen molar-refractivity contribution in [1.82, 2.24) is 9.47 Å². The average molecular weight is 414 g/mol. The molecule has 0 radical (unpaired) electrons. The molecule has 4 rings (SSSR count). The number of carbonyl (C=O) groups is 2. The quantitative estimate of drug-likeness (QED) is 0.545. The van der Waals surface area contributed by atoms with Gasteiger partial charge in [0.2, 0.25) is 12.2 Å². The van der Waals surface area contributed by atoms with Gasteiger partial charge in [0.15, 0.2) is 17.7 Å². The number of carbonyl (C=O) groups excluding carboxylic acids is 2. The number of benzene rings is 1. The van der Waals surface area contributed by atoms with Gasteiger partial charge in [0.25, 0.3) is 5.91 Å². The van der Waals surface area contributed by atoms with Gasteiger partial charge in [0.1, 0.15) is 0 Å². The van der Waals surface area contributed by atoms with Crippen LogP contribution in [0, 0.1) is 0 Å². The summed E-state index contributed by atoms with van der Waals surface area (Å²) < 4.78 is 22.2. The van der Waals surface area contributed by atoms with Crippen molar-refractivity contribution in [2.45, 2.75) is 25.1 Å². The minimum absolute atomic E-state index is 0.124. The summed E-state index contributed by atoms with van der Waals surface area (Å²) in [5.41, 5.74) is 0.726. The van der Waals surface area contributed by atoms with Crippen molar-refractivity contribution >= 4 is 12.1 Å². The molecular weight excluding hydrogens is 392 g/mol. The zero-order valence-electron chi connectivity index (χ0n) is 16.5. The van der Waals surface area contributed by atoms with E-state index in [2.05, 4.69) is 4.74 Å². The molecule has 0 unspecified atom stereocenters. The monoisotopic (exact) mass is 414 g/mol. The molecule has 1 aromatic carbocycles. The fraction of sp³-hybridized carbons (Fsp3) is 0.381. The lowest BCUT2D eigenvalue weighted by atomic mass is 9.99. The third-order valence-corrected chi connectivity index (χ3v) is 5.21. The number of rotatable bonds is 5. The number of hydrogen-bond acceptors (Lipinski definition) is 7. The van der Waals surface area contributed by atoms with Crippen LogP contribution in [-0.2, 0) is 20.6 Å². The van der Waals surface area contributed by atoms with Crippen LogP contribution in [0.25, 0.3) is 0 Å². The largest absolute Gasteiger partial charge is 0.510 e. The molecule has 1 fully saturated rings. The van der Waals surface area contributed by atoms with Gasteiger partial charge in [0, 0.05) is 18.8 Å². The second-order valence-electron chi connectivity index (χ2n) is 7.00. The molecule has 0 saturated carbocycles. The first-order valence-electron chi connectivity index (χ1n) is 9.65. The molecule has 0 aliphatic carbocycles. The Balaban J connectivity index is 1.73. The number of nitrogens with zero attached hydrogens (tertiary/aromatic N) is 2. The van der Waals surface area contributed by atoms with Crippen LogP contribution in [0.15, 0.2) is 47.4 Å². The predicted octanol–water partition coefficient (Wildman–Crippen LogP) is 1.95. The lowest BCUT2D eigenvalue weighted by Gasteiger charge is -2.45. The van der Waals surface area contributed by atoms with E-state index in [-0.39, 0.29) is 23.4 Å². The molecular formula is C21H22N2O7. The molecule has 2 aliphatic heterocycles. The number of amides is 1. The average Bonchev–Trinajstić information content (AvgIpc) is 2.78. The molecule has 0 spiro atoms. The first-order chi connectivity index (χ1) is 14.6. The highest BCUT2D eigenvalue weighted by Gasteiger charge is 2.43. The number of pyridine rings is 1. The predicted molar refractivity (Wildman–Crippen MR) is 104 cm³/mol. The van der Waals surface area contributed by atoms with Gasteiger partial charge in [0.05, 0.1) is 19.8 Å². The molecule has 0 N–H and O–H groups in total. The van der Waals surface area contributed by atoms with Gasteiger partial charge < -0.3 is 28.4 Å². The summed E-state index contributed by atoms with van der Waals surface area (Å²) in [6.45, 7) is 0.539. The molecule has 2 aliphatic rings. The summed E-state index contributed by atoms with van der Waals surface area (Å²) >= 11 is 0. The molecule has 0 bridgehead atoms. The first-order valence-corrected chi connectivity index (χ1v) is 9.65. The van der Waals surface area contributed by atoms with Crippen molar-refractivity contribution in [1.29, 1.82) is 0 Å². The summed E-state index contributed by atoms with van der Waals surface area (Å²) in [7, 11) is 1.16. The van der Waals surface area contributed by atoms with Crippen LogP contribution in [-0.4, -0.2) is 54.8 Å². The minimum Gasteiger partial charge on any atom is -0.451 e. The standard InChI is InChI=1S/C21H22N2O7/c1-27-21(26)30-13-29-18-16(24)8-10-22-15(12-14-6-3-2-4-7-14)20-23(9-5-11-28-20)19(25)17(18)22/h2-4,6-8,10,15,20H,5,9,11-13H2,1H3/t15-,20-/m0/s1. The fourth-order valence-corrected chi connectivity index (χ4v) is 3.87. The second-order valence-corrected chi connectivity index (χ2v) is 7.00. The van der Waals surface area contributed by atoms with Crippen molar-refractivity contribution in [2.24, 2.45) is 0 Å². The van der Waals surface area contributed by atoms with Crippen LogP contribution in [0.2, 0.25) is 0 Å². The zero-order chi connectivity index (χ0) is 21.1. The van der Waals surface area contributed by atoms with Crippen molar-refractivity contribution < 1.29 is 28.5 Å². The summed E-state index contributed by atoms with van der Waals surface area (Å²) in [5, 5.41) is 0. The number of methoxy groups -OCH3 is 1. The van der Waals surface area contributed by atoms with Gasteiger partial charge in [-0.3, -0.25) is 9.59 Å². The number of aromatic nitrogens is 1. The third kappa shape index (κ3) is 3.76. The molecule has 9 heteroatoms. The van der Waals surface area contributed by atoms with Gasteiger partial charge in [-0.2, -0.15) is 0 Å².